The monoisotopic (exact) mass is 507 g/mol. The Balaban J connectivity index is 1.61. The number of allylic oxidation sites excluding steroid dienone is 1. The third-order valence-corrected chi connectivity index (χ3v) is 6.36. The molecule has 0 aliphatic carbocycles. The van der Waals surface area contributed by atoms with E-state index in [9.17, 15) is 19.7 Å². The van der Waals surface area contributed by atoms with E-state index in [4.69, 9.17) is 4.74 Å². The zero-order valence-corrected chi connectivity index (χ0v) is 22.2. The number of hydrogen-bond donors (Lipinski definition) is 0. The highest BCUT2D eigenvalue weighted by Crippen LogP contribution is 2.18. The molecular formula is C31H41NO5. The number of unbranched alkanes of at least 4 members (excludes halogenated alkanes) is 12. The van der Waals surface area contributed by atoms with Gasteiger partial charge in [0.25, 0.3) is 5.69 Å². The van der Waals surface area contributed by atoms with Gasteiger partial charge in [-0.3, -0.25) is 19.7 Å². The summed E-state index contributed by atoms with van der Waals surface area (Å²) in [6.07, 6.45) is 19.8. The summed E-state index contributed by atoms with van der Waals surface area (Å²) >= 11 is 0. The number of ether oxygens (including phenoxy) is 1. The Morgan fingerprint density at radius 1 is 0.811 bits per heavy atom. The first kappa shape index (κ1) is 29.9. The molecule has 0 aliphatic heterocycles. The molecule has 0 atom stereocenters. The Morgan fingerprint density at radius 3 is 1.95 bits per heavy atom. The fourth-order valence-electron chi connectivity index (χ4n) is 4.17. The lowest BCUT2D eigenvalue weighted by molar-refractivity contribution is -0.384. The van der Waals surface area contributed by atoms with Gasteiger partial charge in [-0.1, -0.05) is 102 Å². The molecule has 0 unspecified atom stereocenters. The molecule has 0 saturated heterocycles. The second kappa shape index (κ2) is 18.0. The van der Waals surface area contributed by atoms with Gasteiger partial charge in [-0.05, 0) is 42.3 Å². The number of hydrogen-bond acceptors (Lipinski definition) is 5. The molecule has 6 heteroatoms. The molecule has 0 spiro atoms. The minimum Gasteiger partial charge on any atom is -0.427 e. The average Bonchev–Trinajstić information content (AvgIpc) is 2.90. The summed E-state index contributed by atoms with van der Waals surface area (Å²) < 4.78 is 5.47. The molecule has 2 aromatic carbocycles. The number of esters is 1. The summed E-state index contributed by atoms with van der Waals surface area (Å²) in [4.78, 5) is 34.8. The van der Waals surface area contributed by atoms with Crippen LogP contribution in [0.15, 0.2) is 54.6 Å². The van der Waals surface area contributed by atoms with Crippen molar-refractivity contribution in [3.05, 3.63) is 75.8 Å². The minimum absolute atomic E-state index is 0.0613. The second-order valence-corrected chi connectivity index (χ2v) is 9.54. The molecule has 2 rings (SSSR count). The number of ketones is 1. The largest absolute Gasteiger partial charge is 0.427 e. The van der Waals surface area contributed by atoms with E-state index >= 15 is 0 Å². The van der Waals surface area contributed by atoms with Crippen LogP contribution in [0.4, 0.5) is 5.69 Å². The molecule has 0 radical (unpaired) electrons. The molecule has 2 aromatic rings. The van der Waals surface area contributed by atoms with Crippen LogP contribution in [0.5, 0.6) is 5.75 Å². The quantitative estimate of drug-likeness (QED) is 0.0360. The predicted molar refractivity (Wildman–Crippen MR) is 149 cm³/mol. The number of nitro benzene ring substituents is 1. The number of benzene rings is 2. The molecular weight excluding hydrogens is 466 g/mol. The van der Waals surface area contributed by atoms with Gasteiger partial charge in [0.1, 0.15) is 5.75 Å². The number of non-ortho nitro benzene ring substituents is 1. The first-order valence-electron chi connectivity index (χ1n) is 13.8. The summed E-state index contributed by atoms with van der Waals surface area (Å²) in [6.45, 7) is 2.25. The van der Waals surface area contributed by atoms with E-state index in [-0.39, 0.29) is 17.4 Å². The Labute approximate surface area is 221 Å². The molecule has 37 heavy (non-hydrogen) atoms. The van der Waals surface area contributed by atoms with Crippen molar-refractivity contribution in [2.45, 2.75) is 96.8 Å². The van der Waals surface area contributed by atoms with E-state index in [1.807, 2.05) is 6.07 Å². The molecule has 6 nitrogen and oxygen atoms in total. The summed E-state index contributed by atoms with van der Waals surface area (Å²) in [5.41, 5.74) is 1.03. The van der Waals surface area contributed by atoms with Crippen LogP contribution in [-0.2, 0) is 4.79 Å². The normalized spacial score (nSPS) is 11.1. The SMILES string of the molecule is CCCCCCCCCCCCCCCC(=O)Oc1cccc(/C=C/C(=O)c2ccc([N+](=O)[O-])cc2)c1. The number of nitro groups is 1. The maximum absolute atomic E-state index is 12.3. The van der Waals surface area contributed by atoms with E-state index < -0.39 is 4.92 Å². The Morgan fingerprint density at radius 2 is 1.38 bits per heavy atom. The van der Waals surface area contributed by atoms with Gasteiger partial charge < -0.3 is 4.74 Å². The second-order valence-electron chi connectivity index (χ2n) is 9.54. The maximum Gasteiger partial charge on any atom is 0.311 e. The third kappa shape index (κ3) is 13.0. The molecule has 0 saturated carbocycles. The van der Waals surface area contributed by atoms with Crippen LogP contribution in [0.1, 0.15) is 113 Å². The summed E-state index contributed by atoms with van der Waals surface area (Å²) in [5.74, 6) is -0.0597. The van der Waals surface area contributed by atoms with Gasteiger partial charge >= 0.3 is 5.97 Å². The fourth-order valence-corrected chi connectivity index (χ4v) is 4.17. The van der Waals surface area contributed by atoms with Gasteiger partial charge in [-0.2, -0.15) is 0 Å². The van der Waals surface area contributed by atoms with Gasteiger partial charge in [0, 0.05) is 24.1 Å². The molecule has 0 amide bonds. The smallest absolute Gasteiger partial charge is 0.311 e. The van der Waals surface area contributed by atoms with Crippen LogP contribution in [0.25, 0.3) is 6.08 Å². The van der Waals surface area contributed by atoms with Gasteiger partial charge in [0.15, 0.2) is 5.78 Å². The average molecular weight is 508 g/mol. The van der Waals surface area contributed by atoms with Crippen molar-refractivity contribution in [1.82, 2.24) is 0 Å². The Bertz CT molecular complexity index is 997. The summed E-state index contributed by atoms with van der Waals surface area (Å²) in [5, 5.41) is 10.7. The van der Waals surface area contributed by atoms with Crippen molar-refractivity contribution in [3.63, 3.8) is 0 Å². The lowest BCUT2D eigenvalue weighted by Gasteiger charge is -2.06. The van der Waals surface area contributed by atoms with Gasteiger partial charge in [-0.15, -0.1) is 0 Å². The molecule has 0 heterocycles. The van der Waals surface area contributed by atoms with E-state index in [1.165, 1.54) is 94.5 Å². The van der Waals surface area contributed by atoms with Gasteiger partial charge in [0.2, 0.25) is 0 Å². The topological polar surface area (TPSA) is 86.5 Å². The van der Waals surface area contributed by atoms with Crippen molar-refractivity contribution < 1.29 is 19.2 Å². The molecule has 0 fully saturated rings. The molecule has 0 aliphatic rings. The van der Waals surface area contributed by atoms with E-state index in [1.54, 1.807) is 24.3 Å². The Hall–Kier alpha value is -3.28. The fraction of sp³-hybridized carbons (Fsp3) is 0.484. The Kier molecular flexibility index (Phi) is 14.6. The molecule has 0 aromatic heterocycles. The number of nitrogens with zero attached hydrogens (tertiary/aromatic N) is 1. The van der Waals surface area contributed by atoms with Gasteiger partial charge in [-0.25, -0.2) is 0 Å². The number of carbonyl (C=O) groups excluding carboxylic acids is 2. The van der Waals surface area contributed by atoms with E-state index in [0.717, 1.165) is 24.8 Å². The van der Waals surface area contributed by atoms with Gasteiger partial charge in [0.05, 0.1) is 4.92 Å². The zero-order valence-electron chi connectivity index (χ0n) is 22.2. The summed E-state index contributed by atoms with van der Waals surface area (Å²) in [6, 6.07) is 12.5. The van der Waals surface area contributed by atoms with Crippen LogP contribution in [0.2, 0.25) is 0 Å². The maximum atomic E-state index is 12.3. The van der Waals surface area contributed by atoms with Crippen molar-refractivity contribution in [1.29, 1.82) is 0 Å². The lowest BCUT2D eigenvalue weighted by Crippen LogP contribution is -2.07. The highest BCUT2D eigenvalue weighted by atomic mass is 16.6. The van der Waals surface area contributed by atoms with E-state index in [0.29, 0.717) is 17.7 Å². The summed E-state index contributed by atoms with van der Waals surface area (Å²) in [7, 11) is 0. The van der Waals surface area contributed by atoms with Crippen molar-refractivity contribution >= 4 is 23.5 Å². The van der Waals surface area contributed by atoms with Crippen LogP contribution in [0.3, 0.4) is 0 Å². The number of carbonyl (C=O) groups is 2. The first-order valence-corrected chi connectivity index (χ1v) is 13.8. The van der Waals surface area contributed by atoms with Crippen molar-refractivity contribution in [2.75, 3.05) is 0 Å². The van der Waals surface area contributed by atoms with E-state index in [2.05, 4.69) is 6.92 Å². The first-order chi connectivity index (χ1) is 18.0. The van der Waals surface area contributed by atoms with Crippen LogP contribution < -0.4 is 4.74 Å². The zero-order chi connectivity index (χ0) is 26.7. The predicted octanol–water partition coefficient (Wildman–Crippen LogP) is 8.88. The number of rotatable bonds is 19. The van der Waals surface area contributed by atoms with Crippen molar-refractivity contribution in [2.24, 2.45) is 0 Å². The molecule has 0 N–H and O–H groups in total. The lowest BCUT2D eigenvalue weighted by atomic mass is 10.0. The van der Waals surface area contributed by atoms with Crippen LogP contribution in [0, 0.1) is 10.1 Å². The highest BCUT2D eigenvalue weighted by Gasteiger charge is 2.08. The van der Waals surface area contributed by atoms with Crippen LogP contribution in [-0.4, -0.2) is 16.7 Å². The highest BCUT2D eigenvalue weighted by molar-refractivity contribution is 6.06. The van der Waals surface area contributed by atoms with Crippen LogP contribution >= 0.6 is 0 Å². The molecule has 200 valence electrons. The van der Waals surface area contributed by atoms with Crippen molar-refractivity contribution in [3.8, 4) is 5.75 Å². The standard InChI is InChI=1S/C31H41NO5/c1-2-3-4-5-6-7-8-9-10-11-12-13-14-18-31(34)37-29-17-15-16-26(25-29)19-24-30(33)27-20-22-28(23-21-27)32(35)36/h15-17,19-25H,2-14,18H2,1H3/b24-19+. The minimum atomic E-state index is -0.504. The third-order valence-electron chi connectivity index (χ3n) is 6.36. The molecule has 0 bridgehead atoms.